The normalized spacial score (nSPS) is 31.5. The van der Waals surface area contributed by atoms with Gasteiger partial charge in [-0.3, -0.25) is 14.4 Å². The second kappa shape index (κ2) is 13.8. The summed E-state index contributed by atoms with van der Waals surface area (Å²) < 4.78 is 0. The first-order valence-electron chi connectivity index (χ1n) is 12.0. The molecule has 0 spiro atoms. The van der Waals surface area contributed by atoms with Gasteiger partial charge in [0.15, 0.2) is 5.78 Å². The lowest BCUT2D eigenvalue weighted by atomic mass is 9.91. The van der Waals surface area contributed by atoms with E-state index in [1.54, 1.807) is 6.08 Å². The zero-order chi connectivity index (χ0) is 22.6. The fourth-order valence-corrected chi connectivity index (χ4v) is 4.44. The Morgan fingerprint density at radius 2 is 1.32 bits per heavy atom. The molecule has 5 N–H and O–H groups in total. The van der Waals surface area contributed by atoms with Crippen LogP contribution in [-0.4, -0.2) is 51.9 Å². The first kappa shape index (κ1) is 25.7. The standard InChI is InChI=1S/C12H19NO2.C6H13NO.C6H8O2/c14-10-5-3-4-9(8-10)13-11-6-1-2-7-12(11)15;7-5-3-1-2-4-6(5)8;7-5-2-1-3-6(8)4-5/h8,11-13,15H,1-7H2;5-6,8H,1-4,7H2;1-4H2. The highest BCUT2D eigenvalue weighted by Crippen LogP contribution is 2.21. The summed E-state index contributed by atoms with van der Waals surface area (Å²) in [6.45, 7) is 0. The molecule has 7 heteroatoms. The molecule has 4 unspecified atom stereocenters. The van der Waals surface area contributed by atoms with Crippen LogP contribution in [0.25, 0.3) is 0 Å². The van der Waals surface area contributed by atoms with Crippen LogP contribution < -0.4 is 11.1 Å². The molecule has 4 atom stereocenters. The minimum absolute atomic E-state index is 0.0590. The topological polar surface area (TPSA) is 130 Å². The van der Waals surface area contributed by atoms with Crippen LogP contribution in [0.1, 0.15) is 96.3 Å². The van der Waals surface area contributed by atoms with Gasteiger partial charge in [0.05, 0.1) is 24.7 Å². The number of nitrogens with two attached hydrogens (primary N) is 1. The molecule has 3 fully saturated rings. The van der Waals surface area contributed by atoms with Crippen molar-refractivity contribution < 1.29 is 24.6 Å². The average Bonchev–Trinajstić information content (AvgIpc) is 2.73. The van der Waals surface area contributed by atoms with E-state index >= 15 is 0 Å². The number of hydrogen-bond donors (Lipinski definition) is 4. The lowest BCUT2D eigenvalue weighted by molar-refractivity contribution is -0.129. The molecular formula is C24H40N2O5. The molecule has 0 aromatic carbocycles. The highest BCUT2D eigenvalue weighted by atomic mass is 16.3. The van der Waals surface area contributed by atoms with Gasteiger partial charge in [-0.1, -0.05) is 25.7 Å². The smallest absolute Gasteiger partial charge is 0.157 e. The van der Waals surface area contributed by atoms with E-state index in [-0.39, 0.29) is 48.1 Å². The quantitative estimate of drug-likeness (QED) is 0.489. The number of ketones is 3. The lowest BCUT2D eigenvalue weighted by Crippen LogP contribution is -2.42. The van der Waals surface area contributed by atoms with E-state index in [0.29, 0.717) is 19.3 Å². The van der Waals surface area contributed by atoms with Crippen molar-refractivity contribution in [3.63, 3.8) is 0 Å². The molecule has 0 radical (unpaired) electrons. The third-order valence-electron chi connectivity index (χ3n) is 6.39. The molecule has 0 bridgehead atoms. The van der Waals surface area contributed by atoms with Gasteiger partial charge in [0.25, 0.3) is 0 Å². The summed E-state index contributed by atoms with van der Waals surface area (Å²) in [5.74, 6) is 0.441. The second-order valence-corrected chi connectivity index (χ2v) is 9.22. The highest BCUT2D eigenvalue weighted by Gasteiger charge is 2.24. The van der Waals surface area contributed by atoms with Crippen LogP contribution in [0.3, 0.4) is 0 Å². The maximum atomic E-state index is 11.2. The van der Waals surface area contributed by atoms with Crippen LogP contribution >= 0.6 is 0 Å². The fraction of sp³-hybridized carbons (Fsp3) is 0.792. The number of aliphatic hydroxyl groups excluding tert-OH is 2. The first-order chi connectivity index (χ1) is 14.8. The van der Waals surface area contributed by atoms with E-state index in [4.69, 9.17) is 10.8 Å². The van der Waals surface area contributed by atoms with Gasteiger partial charge in [0.2, 0.25) is 0 Å². The van der Waals surface area contributed by atoms with Crippen molar-refractivity contribution in [2.45, 2.75) is 121 Å². The minimum atomic E-state index is -0.239. The largest absolute Gasteiger partial charge is 0.392 e. The predicted octanol–water partition coefficient (Wildman–Crippen LogP) is 2.46. The molecule has 7 nitrogen and oxygen atoms in total. The van der Waals surface area contributed by atoms with Gasteiger partial charge in [0.1, 0.15) is 11.6 Å². The van der Waals surface area contributed by atoms with Gasteiger partial charge in [-0.15, -0.1) is 0 Å². The molecule has 0 aliphatic heterocycles. The summed E-state index contributed by atoms with van der Waals surface area (Å²) in [7, 11) is 0. The molecule has 4 aliphatic rings. The van der Waals surface area contributed by atoms with Crippen LogP contribution in [0.2, 0.25) is 0 Å². The Morgan fingerprint density at radius 1 is 0.742 bits per heavy atom. The molecule has 3 saturated carbocycles. The second-order valence-electron chi connectivity index (χ2n) is 9.22. The monoisotopic (exact) mass is 436 g/mol. The first-order valence-corrected chi connectivity index (χ1v) is 12.0. The third kappa shape index (κ3) is 10.1. The lowest BCUT2D eigenvalue weighted by Gasteiger charge is -2.30. The van der Waals surface area contributed by atoms with Crippen LogP contribution in [0.15, 0.2) is 11.8 Å². The summed E-state index contributed by atoms with van der Waals surface area (Å²) >= 11 is 0. The van der Waals surface area contributed by atoms with Crippen LogP contribution in [0.4, 0.5) is 0 Å². The van der Waals surface area contributed by atoms with Gasteiger partial charge in [0, 0.05) is 37.1 Å². The fourth-order valence-electron chi connectivity index (χ4n) is 4.44. The summed E-state index contributed by atoms with van der Waals surface area (Å²) in [4.78, 5) is 32.1. The van der Waals surface area contributed by atoms with Crippen LogP contribution in [0.5, 0.6) is 0 Å². The van der Waals surface area contributed by atoms with Gasteiger partial charge < -0.3 is 21.3 Å². The zero-order valence-corrected chi connectivity index (χ0v) is 18.7. The minimum Gasteiger partial charge on any atom is -0.392 e. The Morgan fingerprint density at radius 3 is 1.81 bits per heavy atom. The summed E-state index contributed by atoms with van der Waals surface area (Å²) in [5, 5.41) is 22.2. The Labute approximate surface area is 185 Å². The number of Topliss-reactive ketones (excluding diaryl/α,β-unsaturated/α-hetero) is 2. The van der Waals surface area contributed by atoms with Crippen molar-refractivity contribution in [2.24, 2.45) is 5.73 Å². The Kier molecular flexibility index (Phi) is 11.4. The van der Waals surface area contributed by atoms with E-state index in [1.807, 2.05) is 0 Å². The molecule has 0 aromatic rings. The number of rotatable bonds is 2. The average molecular weight is 437 g/mol. The molecule has 0 heterocycles. The maximum Gasteiger partial charge on any atom is 0.157 e. The molecule has 176 valence electrons. The van der Waals surface area contributed by atoms with Gasteiger partial charge >= 0.3 is 0 Å². The maximum absolute atomic E-state index is 11.2. The Bertz CT molecular complexity index is 609. The predicted molar refractivity (Wildman–Crippen MR) is 119 cm³/mol. The molecular weight excluding hydrogens is 396 g/mol. The molecule has 4 rings (SSSR count). The van der Waals surface area contributed by atoms with Crippen LogP contribution in [-0.2, 0) is 14.4 Å². The van der Waals surface area contributed by atoms with Gasteiger partial charge in [-0.25, -0.2) is 0 Å². The summed E-state index contributed by atoms with van der Waals surface area (Å²) in [6, 6.07) is 0.222. The number of carbonyl (C=O) groups is 3. The van der Waals surface area contributed by atoms with E-state index in [2.05, 4.69) is 5.32 Å². The van der Waals surface area contributed by atoms with E-state index in [9.17, 15) is 19.5 Å². The SMILES string of the molecule is NC1CCCCC1O.O=C1C=C(NC2CCCCC2O)CCC1.O=C1CCCC(=O)C1. The van der Waals surface area contributed by atoms with E-state index in [1.165, 1.54) is 12.8 Å². The highest BCUT2D eigenvalue weighted by molar-refractivity contribution is 6.01. The van der Waals surface area contributed by atoms with E-state index in [0.717, 1.165) is 63.5 Å². The van der Waals surface area contributed by atoms with Crippen molar-refractivity contribution >= 4 is 17.3 Å². The molecule has 4 aliphatic carbocycles. The molecule has 0 amide bonds. The van der Waals surface area contributed by atoms with Crippen molar-refractivity contribution in [3.05, 3.63) is 11.8 Å². The van der Waals surface area contributed by atoms with Crippen LogP contribution in [0, 0.1) is 0 Å². The number of allylic oxidation sites excluding steroid dienone is 2. The number of carbonyl (C=O) groups excluding carboxylic acids is 3. The number of aliphatic hydroxyl groups is 2. The van der Waals surface area contributed by atoms with Crippen molar-refractivity contribution in [2.75, 3.05) is 0 Å². The van der Waals surface area contributed by atoms with Crippen molar-refractivity contribution in [1.82, 2.24) is 5.32 Å². The zero-order valence-electron chi connectivity index (χ0n) is 18.7. The third-order valence-corrected chi connectivity index (χ3v) is 6.39. The molecule has 31 heavy (non-hydrogen) atoms. The molecule has 0 aromatic heterocycles. The Balaban J connectivity index is 0.000000181. The number of hydrogen-bond acceptors (Lipinski definition) is 7. The van der Waals surface area contributed by atoms with Crippen molar-refractivity contribution in [1.29, 1.82) is 0 Å². The van der Waals surface area contributed by atoms with Crippen molar-refractivity contribution in [3.8, 4) is 0 Å². The van der Waals surface area contributed by atoms with E-state index < -0.39 is 0 Å². The summed E-state index contributed by atoms with van der Waals surface area (Å²) in [5.41, 5.74) is 6.55. The Hall–Kier alpha value is -1.57. The molecule has 0 saturated heterocycles. The number of nitrogens with one attached hydrogen (secondary N) is 1. The van der Waals surface area contributed by atoms with Gasteiger partial charge in [-0.2, -0.15) is 0 Å². The van der Waals surface area contributed by atoms with Gasteiger partial charge in [-0.05, 0) is 44.9 Å². The summed E-state index contributed by atoms with van der Waals surface area (Å²) in [6.07, 6.45) is 14.5.